The van der Waals surface area contributed by atoms with Gasteiger partial charge >= 0.3 is 7.12 Å². The van der Waals surface area contributed by atoms with Crippen molar-refractivity contribution in [1.29, 1.82) is 0 Å². The van der Waals surface area contributed by atoms with Crippen molar-refractivity contribution in [3.05, 3.63) is 296 Å². The lowest BCUT2D eigenvalue weighted by molar-refractivity contribution is 0.00578. The molecule has 8 heteroatoms. The number of halogens is 1. The first-order valence-corrected chi connectivity index (χ1v) is 33.7. The molecule has 5 heterocycles. The van der Waals surface area contributed by atoms with E-state index in [-0.39, 0.29) is 18.3 Å². The second kappa shape index (κ2) is 22.3. The number of para-hydroxylation sites is 2. The van der Waals surface area contributed by atoms with E-state index in [2.05, 4.69) is 252 Å². The number of furan rings is 4. The minimum atomic E-state index is -0.361. The van der Waals surface area contributed by atoms with Crippen molar-refractivity contribution in [3.8, 4) is 33.4 Å². The minimum Gasteiger partial charge on any atom is -0.456 e. The van der Waals surface area contributed by atoms with Crippen molar-refractivity contribution < 1.29 is 27.0 Å². The third-order valence-corrected chi connectivity index (χ3v) is 20.9. The van der Waals surface area contributed by atoms with Gasteiger partial charge in [0, 0.05) is 43.4 Å². The Morgan fingerprint density at radius 1 is 0.235 bits per heavy atom. The fourth-order valence-corrected chi connectivity index (χ4v) is 15.3. The molecule has 0 unspecified atom stereocenters. The molecule has 466 valence electrons. The van der Waals surface area contributed by atoms with E-state index in [0.29, 0.717) is 5.02 Å². The number of hydrogen-bond donors (Lipinski definition) is 0. The highest BCUT2D eigenvalue weighted by molar-refractivity contribution is 6.62. The zero-order valence-corrected chi connectivity index (χ0v) is 54.9. The van der Waals surface area contributed by atoms with Crippen molar-refractivity contribution in [2.45, 2.75) is 38.9 Å². The van der Waals surface area contributed by atoms with Gasteiger partial charge in [0.2, 0.25) is 0 Å². The minimum absolute atomic E-state index is 0.351. The van der Waals surface area contributed by atoms with Crippen LogP contribution in [0.25, 0.3) is 186 Å². The van der Waals surface area contributed by atoms with Crippen LogP contribution in [0, 0.1) is 0 Å². The first kappa shape index (κ1) is 58.0. The molecule has 0 radical (unpaired) electrons. The lowest BCUT2D eigenvalue weighted by Crippen LogP contribution is -2.41. The van der Waals surface area contributed by atoms with Crippen LogP contribution in [0.2, 0.25) is 5.02 Å². The maximum absolute atomic E-state index is 6.57. The van der Waals surface area contributed by atoms with Crippen LogP contribution in [0.5, 0.6) is 0 Å². The van der Waals surface area contributed by atoms with Gasteiger partial charge in [0.25, 0.3) is 0 Å². The van der Waals surface area contributed by atoms with Gasteiger partial charge in [0.1, 0.15) is 44.7 Å². The quantitative estimate of drug-likeness (QED) is 0.129. The van der Waals surface area contributed by atoms with E-state index in [1.165, 1.54) is 86.9 Å². The molecule has 4 aromatic heterocycles. The molecule has 21 rings (SSSR count). The van der Waals surface area contributed by atoms with Gasteiger partial charge in [-0.15, -0.1) is 0 Å². The Morgan fingerprint density at radius 2 is 0.571 bits per heavy atom. The summed E-state index contributed by atoms with van der Waals surface area (Å²) in [5.41, 5.74) is 14.3. The highest BCUT2D eigenvalue weighted by Crippen LogP contribution is 2.45. The first-order valence-electron chi connectivity index (χ1n) is 33.4. The number of rotatable bonds is 4. The maximum Gasteiger partial charge on any atom is 0.494 e. The third kappa shape index (κ3) is 9.33. The normalized spacial score (nSPS) is 13.8. The zero-order valence-electron chi connectivity index (χ0n) is 54.1. The van der Waals surface area contributed by atoms with E-state index in [4.69, 9.17) is 38.6 Å². The summed E-state index contributed by atoms with van der Waals surface area (Å²) >= 11 is 6.06. The fraction of sp³-hybridized carbons (Fsp3) is 0.0667. The van der Waals surface area contributed by atoms with Crippen LogP contribution in [0.4, 0.5) is 0 Å². The lowest BCUT2D eigenvalue weighted by Gasteiger charge is -2.32. The van der Waals surface area contributed by atoms with Crippen LogP contribution in [-0.4, -0.2) is 18.3 Å². The first-order chi connectivity index (χ1) is 47.9. The lowest BCUT2D eigenvalue weighted by atomic mass is 9.78. The molecule has 16 aromatic carbocycles. The van der Waals surface area contributed by atoms with Gasteiger partial charge in [-0.05, 0) is 210 Å². The smallest absolute Gasteiger partial charge is 0.456 e. The summed E-state index contributed by atoms with van der Waals surface area (Å²) in [4.78, 5) is 0. The summed E-state index contributed by atoms with van der Waals surface area (Å²) in [5.74, 6) is 0. The highest BCUT2D eigenvalue weighted by atomic mass is 35.5. The second-order valence-corrected chi connectivity index (χ2v) is 27.3. The molecule has 0 bridgehead atoms. The van der Waals surface area contributed by atoms with Gasteiger partial charge in [-0.1, -0.05) is 218 Å². The van der Waals surface area contributed by atoms with Crippen molar-refractivity contribution in [3.63, 3.8) is 0 Å². The molecule has 6 nitrogen and oxygen atoms in total. The molecule has 20 aromatic rings. The highest BCUT2D eigenvalue weighted by Gasteiger charge is 2.51. The summed E-state index contributed by atoms with van der Waals surface area (Å²) in [6.45, 7) is 8.37. The topological polar surface area (TPSA) is 71.0 Å². The molecule has 98 heavy (non-hydrogen) atoms. The van der Waals surface area contributed by atoms with E-state index < -0.39 is 0 Å². The van der Waals surface area contributed by atoms with Crippen molar-refractivity contribution in [2.75, 3.05) is 0 Å². The van der Waals surface area contributed by atoms with Gasteiger partial charge in [-0.3, -0.25) is 0 Å². The van der Waals surface area contributed by atoms with Crippen LogP contribution in [0.3, 0.4) is 0 Å². The molecule has 0 saturated carbocycles. The predicted molar refractivity (Wildman–Crippen MR) is 411 cm³/mol. The standard InChI is InChI=1S/C42H24O2.C30H27BO2.C18H9ClO2/c1-2-12-31-29(10-1)30-11-3-4-13-32(30)37-23-27(16-18-33(31)37)25-8-7-9-26(22-25)28-17-19-34-35-20-21-39-41(42(35)44-40(34)24-28)36-14-5-6-15-38(36)43-39;1-29(2)30(3,4)33-31(32-29)22-11-9-10-20(18-22)21-16-17-27-25-14-6-5-12-23(25)24-13-7-8-15-26(24)28(27)19-21;19-10-5-6-11-12-7-8-15-17(18(12)21-16(11)9-10)13-3-1-2-4-14(13)20-15/h1-24H;5-19H,1-4H3;1-9H. The molecule has 1 saturated heterocycles. The van der Waals surface area contributed by atoms with Crippen LogP contribution < -0.4 is 5.46 Å². The van der Waals surface area contributed by atoms with E-state index >= 15 is 0 Å². The number of benzene rings is 16. The Kier molecular flexibility index (Phi) is 13.2. The van der Waals surface area contributed by atoms with Gasteiger partial charge in [0.05, 0.1) is 22.0 Å². The van der Waals surface area contributed by atoms with Crippen molar-refractivity contribution >= 4 is 177 Å². The van der Waals surface area contributed by atoms with Gasteiger partial charge < -0.3 is 27.0 Å². The maximum atomic E-state index is 6.57. The average Bonchev–Trinajstić information content (AvgIpc) is 1.12. The van der Waals surface area contributed by atoms with Crippen LogP contribution in [-0.2, 0) is 9.31 Å². The largest absolute Gasteiger partial charge is 0.494 e. The molecule has 1 aliphatic rings. The summed E-state index contributed by atoms with van der Waals surface area (Å²) in [5, 5.41) is 24.7. The van der Waals surface area contributed by atoms with Gasteiger partial charge in [-0.2, -0.15) is 0 Å². The Bertz CT molecular complexity index is 6600. The van der Waals surface area contributed by atoms with Crippen molar-refractivity contribution in [1.82, 2.24) is 0 Å². The Morgan fingerprint density at radius 3 is 1.03 bits per heavy atom. The molecule has 0 aliphatic carbocycles. The number of hydrogen-bond acceptors (Lipinski definition) is 6. The fourth-order valence-electron chi connectivity index (χ4n) is 15.1. The summed E-state index contributed by atoms with van der Waals surface area (Å²) in [7, 11) is -0.361. The Hall–Kier alpha value is -11.4. The van der Waals surface area contributed by atoms with E-state index in [1.54, 1.807) is 0 Å². The predicted octanol–water partition coefficient (Wildman–Crippen LogP) is 25.5. The molecule has 1 aliphatic heterocycles. The number of fused-ring (bicyclic) bond motifs is 26. The molecule has 0 N–H and O–H groups in total. The van der Waals surface area contributed by atoms with Crippen LogP contribution in [0.1, 0.15) is 27.7 Å². The van der Waals surface area contributed by atoms with Crippen molar-refractivity contribution in [2.24, 2.45) is 0 Å². The monoisotopic (exact) mass is 1280 g/mol. The van der Waals surface area contributed by atoms with Crippen LogP contribution in [0.15, 0.2) is 309 Å². The molecule has 0 amide bonds. The van der Waals surface area contributed by atoms with Gasteiger partial charge in [0.15, 0.2) is 0 Å². The summed E-state index contributed by atoms with van der Waals surface area (Å²) < 4.78 is 37.2. The summed E-state index contributed by atoms with van der Waals surface area (Å²) in [6, 6.07) is 103. The second-order valence-electron chi connectivity index (χ2n) is 26.9. The molecular weight excluding hydrogens is 1220 g/mol. The van der Waals surface area contributed by atoms with E-state index in [9.17, 15) is 0 Å². The molecule has 0 spiro atoms. The third-order valence-electron chi connectivity index (χ3n) is 20.7. The van der Waals surface area contributed by atoms with Gasteiger partial charge in [-0.25, -0.2) is 0 Å². The summed E-state index contributed by atoms with van der Waals surface area (Å²) in [6.07, 6.45) is 0. The zero-order chi connectivity index (χ0) is 65.5. The SMILES string of the molecule is CC1(C)OB(c2cccc(-c3ccc4c5ccccc5c5ccccc5c4c3)c2)OC1(C)C.Clc1ccc2c(c1)oc1c2ccc2oc3ccccc3c21.c1cc(-c2ccc3c(c2)oc2c3ccc3oc4ccccc4c32)cc(-c2ccc3c4ccccc4c4ccccc4c3c2)c1. The Balaban J connectivity index is 0.000000110. The van der Waals surface area contributed by atoms with E-state index in [0.717, 1.165) is 104 Å². The Labute approximate surface area is 568 Å². The molecule has 0 atom stereocenters. The molecular formula is C90H60BClO6. The molecule has 1 fully saturated rings. The van der Waals surface area contributed by atoms with Crippen LogP contribution >= 0.6 is 11.6 Å². The van der Waals surface area contributed by atoms with E-state index in [1.807, 2.05) is 66.7 Å². The average molecular weight is 1280 g/mol.